The summed E-state index contributed by atoms with van der Waals surface area (Å²) >= 11 is 17.8. The van der Waals surface area contributed by atoms with Crippen LogP contribution in [0.15, 0.2) is 65.1 Å². The van der Waals surface area contributed by atoms with Crippen LogP contribution in [0.4, 0.5) is 0 Å². The Morgan fingerprint density at radius 2 is 1.60 bits per heavy atom. The molecule has 0 amide bonds. The van der Waals surface area contributed by atoms with Crippen LogP contribution in [0.5, 0.6) is 5.75 Å². The number of benzene rings is 2. The summed E-state index contributed by atoms with van der Waals surface area (Å²) in [6.45, 7) is 5.42. The van der Waals surface area contributed by atoms with Gasteiger partial charge in [-0.1, -0.05) is 110 Å². The fourth-order valence-corrected chi connectivity index (χ4v) is 3.34. The Morgan fingerprint density at radius 3 is 2.23 bits per heavy atom. The summed E-state index contributed by atoms with van der Waals surface area (Å²) in [6.07, 6.45) is 7.92. The summed E-state index contributed by atoms with van der Waals surface area (Å²) < 4.78 is 15.8. The highest BCUT2D eigenvalue weighted by Crippen LogP contribution is 2.38. The third kappa shape index (κ3) is 8.31. The maximum atomic E-state index is 6.16. The fourth-order valence-electron chi connectivity index (χ4n) is 3.11. The molecule has 3 aromatic rings. The lowest BCUT2D eigenvalue weighted by molar-refractivity contribution is 0.259. The Kier molecular flexibility index (Phi) is 10.5. The lowest BCUT2D eigenvalue weighted by atomic mass is 10.0. The van der Waals surface area contributed by atoms with Gasteiger partial charge in [-0.25, -0.2) is 0 Å². The van der Waals surface area contributed by atoms with Crippen molar-refractivity contribution in [3.05, 3.63) is 83.6 Å². The molecule has 2 aromatic carbocycles. The number of unbranched alkanes of at least 4 members (excludes halogenated alkanes) is 2. The minimum atomic E-state index is -1.83. The molecule has 0 unspecified atom stereocenters. The van der Waals surface area contributed by atoms with Gasteiger partial charge < -0.3 is 13.9 Å². The molecule has 35 heavy (non-hydrogen) atoms. The largest absolute Gasteiger partial charge is 0.494 e. The normalized spacial score (nSPS) is 12.6. The van der Waals surface area contributed by atoms with Gasteiger partial charge in [-0.3, -0.25) is 0 Å². The van der Waals surface area contributed by atoms with Gasteiger partial charge in [0.15, 0.2) is 5.76 Å². The second kappa shape index (κ2) is 13.6. The van der Waals surface area contributed by atoms with E-state index in [2.05, 4.69) is 24.0 Å². The predicted molar refractivity (Wildman–Crippen MR) is 144 cm³/mol. The van der Waals surface area contributed by atoms with E-state index >= 15 is 0 Å². The number of allylic oxidation sites excluding steroid dienone is 2. The molecule has 1 heterocycles. The zero-order valence-corrected chi connectivity index (χ0v) is 22.1. The Labute approximate surface area is 221 Å². The van der Waals surface area contributed by atoms with E-state index in [4.69, 9.17) is 48.7 Å². The Morgan fingerprint density at radius 1 is 0.914 bits per heavy atom. The van der Waals surface area contributed by atoms with E-state index in [1.54, 1.807) is 0 Å². The fraction of sp³-hybridized carbons (Fsp3) is 0.333. The number of rotatable bonds is 12. The molecular formula is C27H29Cl3N2O3. The van der Waals surface area contributed by atoms with E-state index in [0.717, 1.165) is 48.1 Å². The Bertz CT molecular complexity index is 1100. The molecule has 0 saturated heterocycles. The zero-order valence-electron chi connectivity index (χ0n) is 19.8. The molecule has 0 fully saturated rings. The molecule has 5 nitrogen and oxygen atoms in total. The Hall–Kier alpha value is -2.47. The maximum absolute atomic E-state index is 6.16. The van der Waals surface area contributed by atoms with Crippen molar-refractivity contribution in [2.75, 3.05) is 13.2 Å². The van der Waals surface area contributed by atoms with E-state index < -0.39 is 3.79 Å². The van der Waals surface area contributed by atoms with Crippen molar-refractivity contribution in [2.24, 2.45) is 0 Å². The maximum Gasteiger partial charge on any atom is 0.283 e. The molecule has 0 spiro atoms. The number of hydrogen-bond acceptors (Lipinski definition) is 5. The van der Waals surface area contributed by atoms with Crippen LogP contribution >= 0.6 is 34.8 Å². The van der Waals surface area contributed by atoms with Gasteiger partial charge >= 0.3 is 0 Å². The first-order valence-corrected chi connectivity index (χ1v) is 12.8. The standard InChI is InChI=1S/C27H29Cl3N2O3/c1-3-5-18-33-22-15-12-20(13-16-22)14-17-23(21-10-8-7-9-11-21)24(34-19-6-4-2)25-31-32-26(35-25)27(28,29)30/h7-17H,3-6,18-19H2,1-2H3. The molecule has 0 N–H and O–H groups in total. The van der Waals surface area contributed by atoms with Crippen LogP contribution in [0.25, 0.3) is 17.4 Å². The molecular weight excluding hydrogens is 507 g/mol. The van der Waals surface area contributed by atoms with Crippen molar-refractivity contribution in [3.8, 4) is 5.75 Å². The summed E-state index contributed by atoms with van der Waals surface area (Å²) in [5.74, 6) is 1.30. The van der Waals surface area contributed by atoms with Gasteiger partial charge in [0.1, 0.15) is 5.75 Å². The summed E-state index contributed by atoms with van der Waals surface area (Å²) in [4.78, 5) is 0. The average molecular weight is 536 g/mol. The monoisotopic (exact) mass is 534 g/mol. The smallest absolute Gasteiger partial charge is 0.283 e. The van der Waals surface area contributed by atoms with Crippen LogP contribution in [0.1, 0.15) is 62.4 Å². The van der Waals surface area contributed by atoms with Crippen LogP contribution in [0.2, 0.25) is 0 Å². The van der Waals surface area contributed by atoms with Crippen molar-refractivity contribution < 1.29 is 13.9 Å². The zero-order chi connectivity index (χ0) is 25.1. The van der Waals surface area contributed by atoms with E-state index in [0.29, 0.717) is 19.0 Å². The van der Waals surface area contributed by atoms with Gasteiger partial charge in [-0.05, 0) is 42.2 Å². The summed E-state index contributed by atoms with van der Waals surface area (Å²) in [5, 5.41) is 8.01. The number of aromatic nitrogens is 2. The minimum Gasteiger partial charge on any atom is -0.494 e. The molecule has 0 bridgehead atoms. The van der Waals surface area contributed by atoms with Gasteiger partial charge in [0.25, 0.3) is 15.6 Å². The highest BCUT2D eigenvalue weighted by molar-refractivity contribution is 6.66. The topological polar surface area (TPSA) is 57.4 Å². The number of halogens is 3. The third-order valence-electron chi connectivity index (χ3n) is 5.02. The van der Waals surface area contributed by atoms with Crippen molar-refractivity contribution in [1.82, 2.24) is 10.2 Å². The average Bonchev–Trinajstić information content (AvgIpc) is 3.36. The second-order valence-corrected chi connectivity index (χ2v) is 10.1. The molecule has 0 radical (unpaired) electrons. The first-order valence-electron chi connectivity index (χ1n) is 11.7. The van der Waals surface area contributed by atoms with E-state index in [-0.39, 0.29) is 11.8 Å². The minimum absolute atomic E-state index is 0.121. The van der Waals surface area contributed by atoms with Crippen molar-refractivity contribution in [3.63, 3.8) is 0 Å². The molecule has 3 rings (SSSR count). The number of nitrogens with zero attached hydrogens (tertiary/aromatic N) is 2. The lowest BCUT2D eigenvalue weighted by Crippen LogP contribution is -2.00. The number of hydrogen-bond donors (Lipinski definition) is 0. The summed E-state index contributed by atoms with van der Waals surface area (Å²) in [6, 6.07) is 17.8. The first kappa shape index (κ1) is 27.1. The molecule has 1 aromatic heterocycles. The molecule has 0 atom stereocenters. The van der Waals surface area contributed by atoms with E-state index in [1.807, 2.05) is 66.7 Å². The van der Waals surface area contributed by atoms with Crippen LogP contribution in [-0.4, -0.2) is 23.4 Å². The van der Waals surface area contributed by atoms with Crippen LogP contribution in [-0.2, 0) is 8.53 Å². The van der Waals surface area contributed by atoms with Gasteiger partial charge in [-0.2, -0.15) is 0 Å². The van der Waals surface area contributed by atoms with E-state index in [9.17, 15) is 0 Å². The first-order chi connectivity index (χ1) is 16.9. The third-order valence-corrected chi connectivity index (χ3v) is 5.51. The summed E-state index contributed by atoms with van der Waals surface area (Å²) in [5.41, 5.74) is 2.69. The van der Waals surface area contributed by atoms with Crippen molar-refractivity contribution >= 4 is 52.2 Å². The highest BCUT2D eigenvalue weighted by atomic mass is 35.6. The van der Waals surface area contributed by atoms with Gasteiger partial charge in [0.2, 0.25) is 0 Å². The van der Waals surface area contributed by atoms with Crippen LogP contribution < -0.4 is 4.74 Å². The second-order valence-electron chi connectivity index (χ2n) is 7.83. The van der Waals surface area contributed by atoms with Gasteiger partial charge in [0.05, 0.1) is 13.2 Å². The molecule has 0 saturated carbocycles. The molecule has 8 heteroatoms. The van der Waals surface area contributed by atoms with Crippen LogP contribution in [0.3, 0.4) is 0 Å². The molecule has 0 aliphatic rings. The lowest BCUT2D eigenvalue weighted by Gasteiger charge is -2.12. The Balaban J connectivity index is 2.00. The number of alkyl halides is 3. The van der Waals surface area contributed by atoms with Gasteiger partial charge in [0, 0.05) is 5.57 Å². The van der Waals surface area contributed by atoms with Gasteiger partial charge in [-0.15, -0.1) is 10.2 Å². The number of ether oxygens (including phenoxy) is 2. The summed E-state index contributed by atoms with van der Waals surface area (Å²) in [7, 11) is 0. The highest BCUT2D eigenvalue weighted by Gasteiger charge is 2.31. The predicted octanol–water partition coefficient (Wildman–Crippen LogP) is 8.47. The molecule has 0 aliphatic carbocycles. The van der Waals surface area contributed by atoms with Crippen molar-refractivity contribution in [2.45, 2.75) is 43.3 Å². The molecule has 0 aliphatic heterocycles. The SMILES string of the molecule is CCCCOC(=C(C=Cc1ccc(OCCCC)cc1)c1ccccc1)c1nnc(C(Cl)(Cl)Cl)o1. The van der Waals surface area contributed by atoms with Crippen molar-refractivity contribution in [1.29, 1.82) is 0 Å². The van der Waals surface area contributed by atoms with Crippen LogP contribution in [0, 0.1) is 0 Å². The quantitative estimate of drug-likeness (QED) is 0.101. The molecule has 186 valence electrons. The van der Waals surface area contributed by atoms with E-state index in [1.165, 1.54) is 0 Å².